The summed E-state index contributed by atoms with van der Waals surface area (Å²) in [4.78, 5) is 0. The maximum Gasteiger partial charge on any atom is 0.0951 e. The largest absolute Gasteiger partial charge is 0.378 e. The molecule has 2 atom stereocenters. The van der Waals surface area contributed by atoms with Gasteiger partial charge in [-0.2, -0.15) is 0 Å². The molecule has 0 aliphatic carbocycles. The van der Waals surface area contributed by atoms with Crippen molar-refractivity contribution in [3.8, 4) is 0 Å². The van der Waals surface area contributed by atoms with Crippen molar-refractivity contribution >= 4 is 0 Å². The molecule has 2 unspecified atom stereocenters. The first kappa shape index (κ1) is 13.1. The molecule has 0 bridgehead atoms. The molecule has 3 heteroatoms. The van der Waals surface area contributed by atoms with Crippen LogP contribution in [0, 0.1) is 6.92 Å². The minimum absolute atomic E-state index is 0.00317. The van der Waals surface area contributed by atoms with Crippen LogP contribution in [0.5, 0.6) is 0 Å². The molecule has 2 fully saturated rings. The van der Waals surface area contributed by atoms with Crippen LogP contribution in [-0.4, -0.2) is 31.5 Å². The van der Waals surface area contributed by atoms with E-state index in [2.05, 4.69) is 36.5 Å². The van der Waals surface area contributed by atoms with Gasteiger partial charge >= 0.3 is 0 Å². The molecular formula is C16H23NO2. The monoisotopic (exact) mass is 261 g/mol. The number of hydrogen-bond acceptors (Lipinski definition) is 3. The fraction of sp³-hybridized carbons (Fsp3) is 0.625. The fourth-order valence-corrected chi connectivity index (χ4v) is 3.03. The van der Waals surface area contributed by atoms with Crippen LogP contribution in [0.3, 0.4) is 0 Å². The van der Waals surface area contributed by atoms with Crippen LogP contribution in [-0.2, 0) is 16.0 Å². The summed E-state index contributed by atoms with van der Waals surface area (Å²) in [5.41, 5.74) is 2.68. The van der Waals surface area contributed by atoms with Crippen LogP contribution in [0.1, 0.15) is 30.4 Å². The van der Waals surface area contributed by atoms with E-state index >= 15 is 0 Å². The zero-order chi connectivity index (χ0) is 13.1. The third-order valence-corrected chi connectivity index (χ3v) is 4.28. The number of aryl methyl sites for hydroxylation is 1. The molecule has 2 aliphatic heterocycles. The summed E-state index contributed by atoms with van der Waals surface area (Å²) < 4.78 is 11.5. The van der Waals surface area contributed by atoms with Crippen LogP contribution < -0.4 is 5.32 Å². The van der Waals surface area contributed by atoms with E-state index in [0.717, 1.165) is 45.6 Å². The number of ether oxygens (including phenoxy) is 2. The third-order valence-electron chi connectivity index (χ3n) is 4.28. The van der Waals surface area contributed by atoms with Gasteiger partial charge in [-0.05, 0) is 25.3 Å². The van der Waals surface area contributed by atoms with Gasteiger partial charge in [-0.1, -0.05) is 29.8 Å². The zero-order valence-corrected chi connectivity index (χ0v) is 11.7. The number of rotatable bonds is 3. The number of benzene rings is 1. The standard InChI is InChI=1S/C16H23NO2/c1-13-2-4-14(5-3-13)11-17-15-6-8-19-16(10-15)7-9-18-12-16/h2-5,15,17H,6-12H2,1H3. The van der Waals surface area contributed by atoms with E-state index in [1.54, 1.807) is 0 Å². The first-order valence-electron chi connectivity index (χ1n) is 7.26. The van der Waals surface area contributed by atoms with Crippen molar-refractivity contribution in [2.75, 3.05) is 19.8 Å². The molecular weight excluding hydrogens is 238 g/mol. The summed E-state index contributed by atoms with van der Waals surface area (Å²) in [7, 11) is 0. The molecule has 3 nitrogen and oxygen atoms in total. The number of hydrogen-bond donors (Lipinski definition) is 1. The van der Waals surface area contributed by atoms with Gasteiger partial charge < -0.3 is 14.8 Å². The second kappa shape index (κ2) is 5.61. The number of nitrogens with one attached hydrogen (secondary N) is 1. The smallest absolute Gasteiger partial charge is 0.0951 e. The Balaban J connectivity index is 1.53. The molecule has 1 N–H and O–H groups in total. The van der Waals surface area contributed by atoms with Gasteiger partial charge in [-0.25, -0.2) is 0 Å². The van der Waals surface area contributed by atoms with Gasteiger partial charge in [-0.3, -0.25) is 0 Å². The van der Waals surface area contributed by atoms with E-state index in [1.807, 2.05) is 0 Å². The Kier molecular flexibility index (Phi) is 3.87. The van der Waals surface area contributed by atoms with E-state index in [1.165, 1.54) is 11.1 Å². The normalized spacial score (nSPS) is 30.9. The molecule has 19 heavy (non-hydrogen) atoms. The summed E-state index contributed by atoms with van der Waals surface area (Å²) in [5.74, 6) is 0. The van der Waals surface area contributed by atoms with Crippen molar-refractivity contribution in [1.29, 1.82) is 0 Å². The Morgan fingerprint density at radius 3 is 2.84 bits per heavy atom. The SMILES string of the molecule is Cc1ccc(CNC2CCOC3(CCOC3)C2)cc1. The van der Waals surface area contributed by atoms with Crippen LogP contribution >= 0.6 is 0 Å². The van der Waals surface area contributed by atoms with Crippen LogP contribution in [0.4, 0.5) is 0 Å². The summed E-state index contributed by atoms with van der Waals surface area (Å²) in [6.07, 6.45) is 3.24. The Morgan fingerprint density at radius 2 is 2.11 bits per heavy atom. The van der Waals surface area contributed by atoms with Crippen molar-refractivity contribution in [1.82, 2.24) is 5.32 Å². The third kappa shape index (κ3) is 3.16. The van der Waals surface area contributed by atoms with E-state index in [-0.39, 0.29) is 5.60 Å². The van der Waals surface area contributed by atoms with Gasteiger partial charge in [0.1, 0.15) is 0 Å². The lowest BCUT2D eigenvalue weighted by Crippen LogP contribution is -2.47. The Bertz CT molecular complexity index is 409. The van der Waals surface area contributed by atoms with Crippen molar-refractivity contribution in [3.05, 3.63) is 35.4 Å². The average Bonchev–Trinajstić information content (AvgIpc) is 2.86. The van der Waals surface area contributed by atoms with Gasteiger partial charge in [0.25, 0.3) is 0 Å². The molecule has 3 rings (SSSR count). The fourth-order valence-electron chi connectivity index (χ4n) is 3.03. The van der Waals surface area contributed by atoms with Crippen LogP contribution in [0.15, 0.2) is 24.3 Å². The molecule has 0 saturated carbocycles. The quantitative estimate of drug-likeness (QED) is 0.906. The van der Waals surface area contributed by atoms with E-state index in [0.29, 0.717) is 6.04 Å². The van der Waals surface area contributed by atoms with Gasteiger partial charge in [0.15, 0.2) is 0 Å². The lowest BCUT2D eigenvalue weighted by molar-refractivity contribution is -0.0894. The minimum Gasteiger partial charge on any atom is -0.378 e. The lowest BCUT2D eigenvalue weighted by atomic mass is 9.89. The predicted molar refractivity (Wildman–Crippen MR) is 75.2 cm³/mol. The highest BCUT2D eigenvalue weighted by molar-refractivity contribution is 5.21. The summed E-state index contributed by atoms with van der Waals surface area (Å²) in [6.45, 7) is 5.55. The van der Waals surface area contributed by atoms with Crippen molar-refractivity contribution < 1.29 is 9.47 Å². The molecule has 2 saturated heterocycles. The van der Waals surface area contributed by atoms with Gasteiger partial charge in [0.2, 0.25) is 0 Å². The van der Waals surface area contributed by atoms with Gasteiger partial charge in [-0.15, -0.1) is 0 Å². The van der Waals surface area contributed by atoms with Crippen molar-refractivity contribution in [2.45, 2.75) is 44.4 Å². The highest BCUT2D eigenvalue weighted by Gasteiger charge is 2.40. The first-order chi connectivity index (χ1) is 9.26. The first-order valence-corrected chi connectivity index (χ1v) is 7.26. The second-order valence-corrected chi connectivity index (χ2v) is 5.89. The highest BCUT2D eigenvalue weighted by Crippen LogP contribution is 2.32. The van der Waals surface area contributed by atoms with Gasteiger partial charge in [0, 0.05) is 32.2 Å². The maximum atomic E-state index is 5.96. The molecule has 1 aromatic rings. The molecule has 0 radical (unpaired) electrons. The predicted octanol–water partition coefficient (Wildman–Crippen LogP) is 2.42. The van der Waals surface area contributed by atoms with Crippen molar-refractivity contribution in [2.24, 2.45) is 0 Å². The second-order valence-electron chi connectivity index (χ2n) is 5.89. The van der Waals surface area contributed by atoms with Gasteiger partial charge in [0.05, 0.1) is 12.2 Å². The van der Waals surface area contributed by atoms with Crippen LogP contribution in [0.2, 0.25) is 0 Å². The van der Waals surface area contributed by atoms with E-state index in [9.17, 15) is 0 Å². The topological polar surface area (TPSA) is 30.5 Å². The zero-order valence-electron chi connectivity index (χ0n) is 11.7. The molecule has 0 amide bonds. The minimum atomic E-state index is 0.00317. The molecule has 0 aromatic heterocycles. The van der Waals surface area contributed by atoms with Crippen molar-refractivity contribution in [3.63, 3.8) is 0 Å². The highest BCUT2D eigenvalue weighted by atomic mass is 16.6. The summed E-state index contributed by atoms with van der Waals surface area (Å²) in [5, 5.41) is 3.67. The molecule has 1 spiro atoms. The lowest BCUT2D eigenvalue weighted by Gasteiger charge is -2.37. The Labute approximate surface area is 115 Å². The maximum absolute atomic E-state index is 5.96. The van der Waals surface area contributed by atoms with E-state index < -0.39 is 0 Å². The average molecular weight is 261 g/mol. The summed E-state index contributed by atoms with van der Waals surface area (Å²) in [6, 6.07) is 9.31. The summed E-state index contributed by atoms with van der Waals surface area (Å²) >= 11 is 0. The van der Waals surface area contributed by atoms with E-state index in [4.69, 9.17) is 9.47 Å². The van der Waals surface area contributed by atoms with Crippen LogP contribution in [0.25, 0.3) is 0 Å². The molecule has 2 heterocycles. The Morgan fingerprint density at radius 1 is 1.26 bits per heavy atom. The molecule has 1 aromatic carbocycles. The Hall–Kier alpha value is -0.900. The molecule has 2 aliphatic rings. The molecule has 104 valence electrons.